The molecule has 0 aliphatic heterocycles. The van der Waals surface area contributed by atoms with Gasteiger partial charge in [0.1, 0.15) is 0 Å². The van der Waals surface area contributed by atoms with Crippen LogP contribution in [0.3, 0.4) is 0 Å². The smallest absolute Gasteiger partial charge is 0.303 e. The molecule has 1 N–H and O–H groups in total. The molecule has 0 radical (unpaired) electrons. The first-order valence-electron chi connectivity index (χ1n) is 6.01. The zero-order chi connectivity index (χ0) is 12.7. The summed E-state index contributed by atoms with van der Waals surface area (Å²) in [6.45, 7) is 0. The molecule has 17 heavy (non-hydrogen) atoms. The second-order valence-corrected chi connectivity index (χ2v) is 4.59. The normalized spacial score (nSPS) is 12.6. The molecule has 3 heteroatoms. The summed E-state index contributed by atoms with van der Waals surface area (Å²) in [6, 6.07) is 10.7. The van der Waals surface area contributed by atoms with Crippen molar-refractivity contribution >= 4 is 5.97 Å². The molecule has 0 aromatic heterocycles. The summed E-state index contributed by atoms with van der Waals surface area (Å²) < 4.78 is 0. The fourth-order valence-electron chi connectivity index (χ4n) is 1.92. The van der Waals surface area contributed by atoms with Crippen LogP contribution in [0.4, 0.5) is 0 Å². The molecule has 3 nitrogen and oxygen atoms in total. The lowest BCUT2D eigenvalue weighted by Gasteiger charge is -2.24. The molecule has 0 aliphatic rings. The molecule has 0 aliphatic carbocycles. The van der Waals surface area contributed by atoms with Crippen molar-refractivity contribution in [3.05, 3.63) is 35.9 Å². The average Bonchev–Trinajstić information content (AvgIpc) is 2.28. The van der Waals surface area contributed by atoms with Crippen molar-refractivity contribution in [3.8, 4) is 0 Å². The largest absolute Gasteiger partial charge is 0.481 e. The van der Waals surface area contributed by atoms with E-state index < -0.39 is 5.97 Å². The van der Waals surface area contributed by atoms with Gasteiger partial charge in [0.05, 0.1) is 0 Å². The third-order valence-electron chi connectivity index (χ3n) is 2.97. The molecule has 1 rings (SSSR count). The standard InChI is InChI=1S/C14H21NO2/c1-15(2)13(9-6-10-14(16)17)11-12-7-4-3-5-8-12/h3-5,7-8,13H,6,9-11H2,1-2H3,(H,16,17). The molecule has 0 saturated carbocycles. The molecule has 0 saturated heterocycles. The molecule has 0 bridgehead atoms. The van der Waals surface area contributed by atoms with Gasteiger partial charge in [0, 0.05) is 12.5 Å². The van der Waals surface area contributed by atoms with Gasteiger partial charge in [0.15, 0.2) is 0 Å². The maximum atomic E-state index is 10.5. The topological polar surface area (TPSA) is 40.5 Å². The number of nitrogens with zero attached hydrogens (tertiary/aromatic N) is 1. The highest BCUT2D eigenvalue weighted by molar-refractivity contribution is 5.66. The van der Waals surface area contributed by atoms with E-state index in [1.807, 2.05) is 32.3 Å². The second kappa shape index (κ2) is 7.07. The number of carbonyl (C=O) groups is 1. The minimum Gasteiger partial charge on any atom is -0.481 e. The molecule has 1 unspecified atom stereocenters. The van der Waals surface area contributed by atoms with Crippen molar-refractivity contribution < 1.29 is 9.90 Å². The fraction of sp³-hybridized carbons (Fsp3) is 0.500. The maximum Gasteiger partial charge on any atom is 0.303 e. The molecule has 0 amide bonds. The number of benzene rings is 1. The van der Waals surface area contributed by atoms with Crippen molar-refractivity contribution in [1.29, 1.82) is 0 Å². The Morgan fingerprint density at radius 3 is 2.47 bits per heavy atom. The molecule has 0 spiro atoms. The number of hydrogen-bond donors (Lipinski definition) is 1. The highest BCUT2D eigenvalue weighted by atomic mass is 16.4. The first kappa shape index (κ1) is 13.7. The van der Waals surface area contributed by atoms with Crippen molar-refractivity contribution in [1.82, 2.24) is 4.90 Å². The van der Waals surface area contributed by atoms with Gasteiger partial charge in [-0.05, 0) is 38.9 Å². The van der Waals surface area contributed by atoms with Gasteiger partial charge in [-0.1, -0.05) is 30.3 Å². The van der Waals surface area contributed by atoms with E-state index in [-0.39, 0.29) is 6.42 Å². The van der Waals surface area contributed by atoms with Crippen LogP contribution >= 0.6 is 0 Å². The number of aliphatic carboxylic acids is 1. The fourth-order valence-corrected chi connectivity index (χ4v) is 1.92. The third-order valence-corrected chi connectivity index (χ3v) is 2.97. The summed E-state index contributed by atoms with van der Waals surface area (Å²) in [7, 11) is 4.10. The van der Waals surface area contributed by atoms with E-state index in [0.717, 1.165) is 19.3 Å². The summed E-state index contributed by atoms with van der Waals surface area (Å²) in [5, 5.41) is 8.64. The Hall–Kier alpha value is -1.35. The van der Waals surface area contributed by atoms with E-state index in [1.165, 1.54) is 5.56 Å². The average molecular weight is 235 g/mol. The summed E-state index contributed by atoms with van der Waals surface area (Å²) in [4.78, 5) is 12.7. The Morgan fingerprint density at radius 2 is 1.94 bits per heavy atom. The SMILES string of the molecule is CN(C)C(CCCC(=O)O)Cc1ccccc1. The Morgan fingerprint density at radius 1 is 1.29 bits per heavy atom. The first-order valence-corrected chi connectivity index (χ1v) is 6.01. The minimum absolute atomic E-state index is 0.263. The van der Waals surface area contributed by atoms with Crippen LogP contribution in [0.25, 0.3) is 0 Å². The summed E-state index contributed by atoms with van der Waals surface area (Å²) in [5.41, 5.74) is 1.31. The van der Waals surface area contributed by atoms with Crippen molar-refractivity contribution in [3.63, 3.8) is 0 Å². The van der Waals surface area contributed by atoms with E-state index in [9.17, 15) is 4.79 Å². The van der Waals surface area contributed by atoms with Crippen LogP contribution in [-0.2, 0) is 11.2 Å². The van der Waals surface area contributed by atoms with Gasteiger partial charge in [-0.15, -0.1) is 0 Å². The van der Waals surface area contributed by atoms with Crippen LogP contribution in [0.5, 0.6) is 0 Å². The van der Waals surface area contributed by atoms with E-state index >= 15 is 0 Å². The molecular formula is C14H21NO2. The Labute approximate surface area is 103 Å². The number of carboxylic acid groups (broad SMARTS) is 1. The molecule has 94 valence electrons. The van der Waals surface area contributed by atoms with Crippen molar-refractivity contribution in [2.45, 2.75) is 31.7 Å². The van der Waals surface area contributed by atoms with Gasteiger partial charge < -0.3 is 10.0 Å². The molecule has 0 heterocycles. The predicted molar refractivity (Wildman–Crippen MR) is 69.1 cm³/mol. The van der Waals surface area contributed by atoms with E-state index in [1.54, 1.807) is 0 Å². The monoisotopic (exact) mass is 235 g/mol. The Balaban J connectivity index is 2.46. The quantitative estimate of drug-likeness (QED) is 0.789. The lowest BCUT2D eigenvalue weighted by molar-refractivity contribution is -0.137. The van der Waals surface area contributed by atoms with Crippen LogP contribution in [0, 0.1) is 0 Å². The summed E-state index contributed by atoms with van der Waals surface area (Å²) in [6.07, 6.45) is 2.91. The Bertz CT molecular complexity index is 335. The molecule has 1 atom stereocenters. The summed E-state index contributed by atoms with van der Waals surface area (Å²) in [5.74, 6) is -0.706. The first-order chi connectivity index (χ1) is 8.09. The van der Waals surface area contributed by atoms with Crippen LogP contribution in [0.1, 0.15) is 24.8 Å². The molecular weight excluding hydrogens is 214 g/mol. The number of likely N-dealkylation sites (N-methyl/N-ethyl adjacent to an activating group) is 1. The lowest BCUT2D eigenvalue weighted by atomic mass is 10.00. The van der Waals surface area contributed by atoms with Gasteiger partial charge in [-0.2, -0.15) is 0 Å². The minimum atomic E-state index is -0.706. The predicted octanol–water partition coefficient (Wildman–Crippen LogP) is 2.41. The van der Waals surface area contributed by atoms with E-state index in [2.05, 4.69) is 17.0 Å². The van der Waals surface area contributed by atoms with E-state index in [4.69, 9.17) is 5.11 Å². The van der Waals surface area contributed by atoms with Gasteiger partial charge in [0.2, 0.25) is 0 Å². The lowest BCUT2D eigenvalue weighted by Crippen LogP contribution is -2.30. The number of rotatable bonds is 7. The molecule has 1 aromatic carbocycles. The summed E-state index contributed by atoms with van der Waals surface area (Å²) >= 11 is 0. The van der Waals surface area contributed by atoms with Crippen molar-refractivity contribution in [2.75, 3.05) is 14.1 Å². The number of carboxylic acids is 1. The van der Waals surface area contributed by atoms with Crippen LogP contribution in [0.2, 0.25) is 0 Å². The van der Waals surface area contributed by atoms with E-state index in [0.29, 0.717) is 6.04 Å². The highest BCUT2D eigenvalue weighted by Crippen LogP contribution is 2.12. The van der Waals surface area contributed by atoms with Crippen LogP contribution < -0.4 is 0 Å². The van der Waals surface area contributed by atoms with Crippen LogP contribution in [0.15, 0.2) is 30.3 Å². The highest BCUT2D eigenvalue weighted by Gasteiger charge is 2.12. The Kier molecular flexibility index (Phi) is 5.70. The van der Waals surface area contributed by atoms with Gasteiger partial charge in [0.25, 0.3) is 0 Å². The van der Waals surface area contributed by atoms with Gasteiger partial charge >= 0.3 is 5.97 Å². The zero-order valence-corrected chi connectivity index (χ0v) is 10.6. The second-order valence-electron chi connectivity index (χ2n) is 4.59. The number of hydrogen-bond acceptors (Lipinski definition) is 2. The van der Waals surface area contributed by atoms with Gasteiger partial charge in [-0.3, -0.25) is 4.79 Å². The third kappa shape index (κ3) is 5.50. The molecule has 0 fully saturated rings. The maximum absolute atomic E-state index is 10.5. The van der Waals surface area contributed by atoms with Crippen molar-refractivity contribution in [2.24, 2.45) is 0 Å². The zero-order valence-electron chi connectivity index (χ0n) is 10.6. The molecule has 1 aromatic rings. The van der Waals surface area contributed by atoms with Crippen LogP contribution in [-0.4, -0.2) is 36.1 Å². The van der Waals surface area contributed by atoms with Gasteiger partial charge in [-0.25, -0.2) is 0 Å².